The minimum absolute atomic E-state index is 0.353. The molecule has 0 bridgehead atoms. The molecule has 0 saturated carbocycles. The van der Waals surface area contributed by atoms with E-state index in [9.17, 15) is 14.4 Å². The van der Waals surface area contributed by atoms with Gasteiger partial charge in [0.15, 0.2) is 0 Å². The van der Waals surface area contributed by atoms with Gasteiger partial charge in [0, 0.05) is 6.54 Å². The Morgan fingerprint density at radius 2 is 1.69 bits per heavy atom. The summed E-state index contributed by atoms with van der Waals surface area (Å²) >= 11 is 6.45. The monoisotopic (exact) mass is 557 g/mol. The molecule has 0 radical (unpaired) electrons. The van der Waals surface area contributed by atoms with Gasteiger partial charge < -0.3 is 20.3 Å². The van der Waals surface area contributed by atoms with Crippen molar-refractivity contribution in [2.24, 2.45) is 0 Å². The molecule has 2 unspecified atom stereocenters. The molecule has 8 heteroatoms. The number of carbonyl (C=O) groups excluding carboxylic acids is 3. The van der Waals surface area contributed by atoms with Crippen LogP contribution < -0.4 is 10.6 Å². The summed E-state index contributed by atoms with van der Waals surface area (Å²) in [7, 11) is 0. The number of amides is 3. The molecule has 0 aromatic heterocycles. The summed E-state index contributed by atoms with van der Waals surface area (Å²) in [5.74, 6) is -0.734. The Hall–Kier alpha value is -3.06. The number of hydrogen-bond donors (Lipinski definition) is 2. The highest BCUT2D eigenvalue weighted by Gasteiger charge is 2.35. The second kappa shape index (κ2) is 14.4. The molecule has 3 amide bonds. The molecule has 39 heavy (non-hydrogen) atoms. The standard InChI is InChI=1S/C31H44ClN3O4/c1-9-10-11-12-18-35(29(37)23(5)33-30(38)39-31(6,7)8)27(24-19-20(2)16-17-21(24)3)28(36)34-26-22(4)14-13-15-25(26)32/h13-17,19,23,27H,9-12,18H2,1-8H3,(H,33,38)(H,34,36). The summed E-state index contributed by atoms with van der Waals surface area (Å²) < 4.78 is 5.37. The number of carbonyl (C=O) groups is 3. The van der Waals surface area contributed by atoms with Gasteiger partial charge in [-0.15, -0.1) is 0 Å². The number of ether oxygens (including phenoxy) is 1. The molecule has 214 valence electrons. The van der Waals surface area contributed by atoms with Crippen molar-refractivity contribution < 1.29 is 19.1 Å². The smallest absolute Gasteiger partial charge is 0.408 e. The van der Waals surface area contributed by atoms with E-state index in [0.717, 1.165) is 47.9 Å². The van der Waals surface area contributed by atoms with Crippen LogP contribution in [-0.2, 0) is 14.3 Å². The summed E-state index contributed by atoms with van der Waals surface area (Å²) in [4.78, 5) is 42.1. The predicted molar refractivity (Wildman–Crippen MR) is 158 cm³/mol. The van der Waals surface area contributed by atoms with E-state index < -0.39 is 23.8 Å². The van der Waals surface area contributed by atoms with Gasteiger partial charge in [0.05, 0.1) is 10.7 Å². The summed E-state index contributed by atoms with van der Waals surface area (Å²) in [5, 5.41) is 6.07. The van der Waals surface area contributed by atoms with E-state index in [4.69, 9.17) is 16.3 Å². The molecule has 0 heterocycles. The third-order valence-corrected chi connectivity index (χ3v) is 6.71. The van der Waals surface area contributed by atoms with Gasteiger partial charge in [0.2, 0.25) is 5.91 Å². The van der Waals surface area contributed by atoms with E-state index in [1.807, 2.05) is 51.1 Å². The number of rotatable bonds is 11. The molecule has 2 aromatic rings. The number of anilines is 1. The molecule has 2 N–H and O–H groups in total. The van der Waals surface area contributed by atoms with Crippen LogP contribution in [0.3, 0.4) is 0 Å². The fraction of sp³-hybridized carbons (Fsp3) is 0.516. The van der Waals surface area contributed by atoms with Gasteiger partial charge in [-0.3, -0.25) is 9.59 Å². The van der Waals surface area contributed by atoms with Crippen molar-refractivity contribution in [3.8, 4) is 0 Å². The first-order valence-electron chi connectivity index (χ1n) is 13.7. The molecule has 0 aliphatic rings. The number of benzene rings is 2. The topological polar surface area (TPSA) is 87.7 Å². The van der Waals surface area contributed by atoms with Crippen LogP contribution in [-0.4, -0.2) is 41.0 Å². The first-order chi connectivity index (χ1) is 18.2. The zero-order valence-corrected chi connectivity index (χ0v) is 25.4. The molecule has 0 spiro atoms. The lowest BCUT2D eigenvalue weighted by Crippen LogP contribution is -2.51. The number of unbranched alkanes of at least 4 members (excludes halogenated alkanes) is 3. The number of hydrogen-bond acceptors (Lipinski definition) is 4. The molecular formula is C31H44ClN3O4. The lowest BCUT2D eigenvalue weighted by molar-refractivity contribution is -0.140. The number of nitrogens with one attached hydrogen (secondary N) is 2. The SMILES string of the molecule is CCCCCCN(C(=O)C(C)NC(=O)OC(C)(C)C)C(C(=O)Nc1c(C)cccc1Cl)c1cc(C)ccc1C. The maximum atomic E-state index is 14.1. The lowest BCUT2D eigenvalue weighted by Gasteiger charge is -2.34. The quantitative estimate of drug-likeness (QED) is 0.284. The first kappa shape index (κ1) is 32.2. The van der Waals surface area contributed by atoms with Crippen molar-refractivity contribution in [2.75, 3.05) is 11.9 Å². The number of halogens is 1. The van der Waals surface area contributed by atoms with Crippen LogP contribution >= 0.6 is 11.6 Å². The second-order valence-corrected chi connectivity index (χ2v) is 11.6. The molecule has 0 aliphatic heterocycles. The van der Waals surface area contributed by atoms with Crippen molar-refractivity contribution in [1.82, 2.24) is 10.2 Å². The number of aryl methyl sites for hydroxylation is 3. The van der Waals surface area contributed by atoms with Gasteiger partial charge in [-0.1, -0.05) is 73.7 Å². The molecule has 2 atom stereocenters. The van der Waals surface area contributed by atoms with Gasteiger partial charge in [0.25, 0.3) is 5.91 Å². The summed E-state index contributed by atoms with van der Waals surface area (Å²) in [6.07, 6.45) is 3.01. The maximum absolute atomic E-state index is 14.1. The summed E-state index contributed by atoms with van der Waals surface area (Å²) in [5.41, 5.74) is 3.21. The van der Waals surface area contributed by atoms with Crippen molar-refractivity contribution in [3.63, 3.8) is 0 Å². The Labute approximate surface area is 238 Å². The van der Waals surface area contributed by atoms with E-state index in [1.165, 1.54) is 0 Å². The Kier molecular flexibility index (Phi) is 11.8. The molecule has 0 aliphatic carbocycles. The van der Waals surface area contributed by atoms with Crippen molar-refractivity contribution in [3.05, 3.63) is 63.7 Å². The fourth-order valence-corrected chi connectivity index (χ4v) is 4.63. The molecule has 0 fully saturated rings. The van der Waals surface area contributed by atoms with Crippen molar-refractivity contribution in [1.29, 1.82) is 0 Å². The van der Waals surface area contributed by atoms with Gasteiger partial charge in [-0.25, -0.2) is 4.79 Å². The zero-order valence-electron chi connectivity index (χ0n) is 24.6. The molecular weight excluding hydrogens is 514 g/mol. The van der Waals surface area contributed by atoms with E-state index in [0.29, 0.717) is 17.3 Å². The Balaban J connectivity index is 2.53. The lowest BCUT2D eigenvalue weighted by atomic mass is 9.95. The van der Waals surface area contributed by atoms with Crippen LogP contribution in [0.1, 0.15) is 88.6 Å². The number of nitrogens with zero attached hydrogens (tertiary/aromatic N) is 1. The van der Waals surface area contributed by atoms with Crippen molar-refractivity contribution >= 4 is 35.2 Å². The fourth-order valence-electron chi connectivity index (χ4n) is 4.36. The normalized spacial score (nSPS) is 12.8. The van der Waals surface area contributed by atoms with Crippen LogP contribution in [0.25, 0.3) is 0 Å². The predicted octanol–water partition coefficient (Wildman–Crippen LogP) is 7.27. The van der Waals surface area contributed by atoms with Crippen LogP contribution in [0.15, 0.2) is 36.4 Å². The van der Waals surface area contributed by atoms with E-state index in [2.05, 4.69) is 17.6 Å². The molecule has 7 nitrogen and oxygen atoms in total. The van der Waals surface area contributed by atoms with Crippen LogP contribution in [0.2, 0.25) is 5.02 Å². The summed E-state index contributed by atoms with van der Waals surface area (Å²) in [6, 6.07) is 9.44. The van der Waals surface area contributed by atoms with Crippen LogP contribution in [0.5, 0.6) is 0 Å². The minimum atomic E-state index is -0.933. The highest BCUT2D eigenvalue weighted by atomic mass is 35.5. The maximum Gasteiger partial charge on any atom is 0.408 e. The Morgan fingerprint density at radius 3 is 2.31 bits per heavy atom. The number of alkyl carbamates (subject to hydrolysis) is 1. The average Bonchev–Trinajstić information content (AvgIpc) is 2.83. The van der Waals surface area contributed by atoms with Crippen molar-refractivity contribution in [2.45, 2.75) is 98.8 Å². The highest BCUT2D eigenvalue weighted by molar-refractivity contribution is 6.34. The van der Waals surface area contributed by atoms with Gasteiger partial charge in [0.1, 0.15) is 17.7 Å². The molecule has 2 rings (SSSR count). The van der Waals surface area contributed by atoms with E-state index in [1.54, 1.807) is 38.7 Å². The highest BCUT2D eigenvalue weighted by Crippen LogP contribution is 2.31. The average molecular weight is 558 g/mol. The van der Waals surface area contributed by atoms with Gasteiger partial charge in [-0.2, -0.15) is 0 Å². The van der Waals surface area contributed by atoms with Crippen LogP contribution in [0.4, 0.5) is 10.5 Å². The third kappa shape index (κ3) is 9.57. The molecule has 0 saturated heterocycles. The third-order valence-electron chi connectivity index (χ3n) is 6.40. The van der Waals surface area contributed by atoms with Gasteiger partial charge in [-0.05, 0) is 77.6 Å². The summed E-state index contributed by atoms with van der Waals surface area (Å²) in [6.45, 7) is 15.1. The second-order valence-electron chi connectivity index (χ2n) is 11.1. The largest absolute Gasteiger partial charge is 0.444 e. The zero-order chi connectivity index (χ0) is 29.3. The Bertz CT molecular complexity index is 1140. The molecule has 2 aromatic carbocycles. The Morgan fingerprint density at radius 1 is 1.00 bits per heavy atom. The first-order valence-corrected chi connectivity index (χ1v) is 14.1. The van der Waals surface area contributed by atoms with E-state index >= 15 is 0 Å². The van der Waals surface area contributed by atoms with E-state index in [-0.39, 0.29) is 11.8 Å². The number of para-hydroxylation sites is 1. The van der Waals surface area contributed by atoms with Gasteiger partial charge >= 0.3 is 6.09 Å². The van der Waals surface area contributed by atoms with Crippen LogP contribution in [0, 0.1) is 20.8 Å². The minimum Gasteiger partial charge on any atom is -0.444 e.